The molecule has 1 heterocycles. The van der Waals surface area contributed by atoms with Crippen LogP contribution in [0.5, 0.6) is 0 Å². The van der Waals surface area contributed by atoms with Gasteiger partial charge in [-0.15, -0.1) is 0 Å². The minimum absolute atomic E-state index is 0.518. The van der Waals surface area contributed by atoms with Crippen LogP contribution in [0.3, 0.4) is 0 Å². The predicted molar refractivity (Wildman–Crippen MR) is 40.0 cm³/mol. The summed E-state index contributed by atoms with van der Waals surface area (Å²) in [7, 11) is 1.63. The summed E-state index contributed by atoms with van der Waals surface area (Å²) in [5.74, 6) is 0. The van der Waals surface area contributed by atoms with Crippen LogP contribution in [0.4, 0.5) is 0 Å². The third-order valence-electron chi connectivity index (χ3n) is 1.14. The summed E-state index contributed by atoms with van der Waals surface area (Å²) in [6, 6.07) is 3.72. The van der Waals surface area contributed by atoms with Crippen LogP contribution in [-0.4, -0.2) is 12.1 Å². The summed E-state index contributed by atoms with van der Waals surface area (Å²) in [4.78, 5) is 3.88. The van der Waals surface area contributed by atoms with E-state index in [1.807, 2.05) is 12.1 Å². The summed E-state index contributed by atoms with van der Waals surface area (Å²) in [6.45, 7) is 0.521. The van der Waals surface area contributed by atoms with Crippen LogP contribution in [0.15, 0.2) is 18.3 Å². The van der Waals surface area contributed by atoms with Crippen molar-refractivity contribution in [2.24, 2.45) is 0 Å². The maximum absolute atomic E-state index is 5.71. The standard InChI is InChI=1S/C7H8ClNO/c1-10-5-6-3-2-4-9-7(6)8/h2-4H,5H2,1H3. The van der Waals surface area contributed by atoms with Gasteiger partial charge in [-0.3, -0.25) is 0 Å². The van der Waals surface area contributed by atoms with Crippen molar-refractivity contribution in [3.05, 3.63) is 29.0 Å². The molecule has 0 saturated carbocycles. The van der Waals surface area contributed by atoms with Gasteiger partial charge in [0.05, 0.1) is 6.61 Å². The van der Waals surface area contributed by atoms with Gasteiger partial charge < -0.3 is 4.74 Å². The van der Waals surface area contributed by atoms with Gasteiger partial charge in [-0.2, -0.15) is 0 Å². The summed E-state index contributed by atoms with van der Waals surface area (Å²) in [6.07, 6.45) is 1.65. The second kappa shape index (κ2) is 3.54. The fourth-order valence-corrected chi connectivity index (χ4v) is 0.856. The van der Waals surface area contributed by atoms with E-state index in [2.05, 4.69) is 4.98 Å². The molecular formula is C7H8ClNO. The smallest absolute Gasteiger partial charge is 0.134 e. The first-order valence-electron chi connectivity index (χ1n) is 2.93. The fourth-order valence-electron chi connectivity index (χ4n) is 0.683. The number of rotatable bonds is 2. The lowest BCUT2D eigenvalue weighted by Gasteiger charge is -1.98. The minimum atomic E-state index is 0.518. The van der Waals surface area contributed by atoms with Gasteiger partial charge >= 0.3 is 0 Å². The second-order valence-corrected chi connectivity index (χ2v) is 2.24. The summed E-state index contributed by atoms with van der Waals surface area (Å²) >= 11 is 5.71. The lowest BCUT2D eigenvalue weighted by Crippen LogP contribution is -1.89. The molecule has 1 aromatic heterocycles. The molecule has 1 aromatic rings. The van der Waals surface area contributed by atoms with Gasteiger partial charge in [0, 0.05) is 18.9 Å². The van der Waals surface area contributed by atoms with Gasteiger partial charge in [-0.25, -0.2) is 4.98 Å². The van der Waals surface area contributed by atoms with Crippen LogP contribution in [0.1, 0.15) is 5.56 Å². The van der Waals surface area contributed by atoms with E-state index in [4.69, 9.17) is 16.3 Å². The van der Waals surface area contributed by atoms with Crippen LogP contribution >= 0.6 is 11.6 Å². The van der Waals surface area contributed by atoms with Crippen LogP contribution in [0.2, 0.25) is 5.15 Å². The monoisotopic (exact) mass is 157 g/mol. The molecule has 2 nitrogen and oxygen atoms in total. The molecule has 10 heavy (non-hydrogen) atoms. The van der Waals surface area contributed by atoms with E-state index in [9.17, 15) is 0 Å². The van der Waals surface area contributed by atoms with Crippen molar-refractivity contribution in [3.8, 4) is 0 Å². The quantitative estimate of drug-likeness (QED) is 0.612. The van der Waals surface area contributed by atoms with Crippen molar-refractivity contribution >= 4 is 11.6 Å². The van der Waals surface area contributed by atoms with Gasteiger partial charge in [-0.1, -0.05) is 17.7 Å². The Hall–Kier alpha value is -0.600. The predicted octanol–water partition coefficient (Wildman–Crippen LogP) is 1.88. The molecule has 0 atom stereocenters. The largest absolute Gasteiger partial charge is 0.380 e. The highest BCUT2D eigenvalue weighted by Crippen LogP contribution is 2.11. The van der Waals surface area contributed by atoms with E-state index in [0.717, 1.165) is 5.56 Å². The first kappa shape index (κ1) is 7.51. The number of ether oxygens (including phenoxy) is 1. The third kappa shape index (κ3) is 1.69. The zero-order valence-electron chi connectivity index (χ0n) is 5.67. The van der Waals surface area contributed by atoms with Crippen molar-refractivity contribution in [2.45, 2.75) is 6.61 Å². The van der Waals surface area contributed by atoms with Gasteiger partial charge in [-0.05, 0) is 6.07 Å². The summed E-state index contributed by atoms with van der Waals surface area (Å²) in [5.41, 5.74) is 0.923. The van der Waals surface area contributed by atoms with E-state index >= 15 is 0 Å². The van der Waals surface area contributed by atoms with Gasteiger partial charge in [0.2, 0.25) is 0 Å². The molecular weight excluding hydrogens is 150 g/mol. The molecule has 0 amide bonds. The Balaban J connectivity index is 2.81. The Kier molecular flexibility index (Phi) is 2.66. The second-order valence-electron chi connectivity index (χ2n) is 1.89. The van der Waals surface area contributed by atoms with E-state index in [0.29, 0.717) is 11.8 Å². The Labute approximate surface area is 64.8 Å². The zero-order chi connectivity index (χ0) is 7.40. The highest BCUT2D eigenvalue weighted by Gasteiger charge is 1.96. The molecule has 3 heteroatoms. The Morgan fingerprint density at radius 3 is 3.10 bits per heavy atom. The number of aromatic nitrogens is 1. The number of hydrogen-bond donors (Lipinski definition) is 0. The lowest BCUT2D eigenvalue weighted by molar-refractivity contribution is 0.184. The minimum Gasteiger partial charge on any atom is -0.380 e. The Bertz CT molecular complexity index is 215. The van der Waals surface area contributed by atoms with E-state index in [1.54, 1.807) is 13.3 Å². The third-order valence-corrected chi connectivity index (χ3v) is 1.48. The molecule has 0 aliphatic carbocycles. The molecule has 0 spiro atoms. The summed E-state index contributed by atoms with van der Waals surface area (Å²) < 4.78 is 4.88. The van der Waals surface area contributed by atoms with Crippen molar-refractivity contribution < 1.29 is 4.74 Å². The van der Waals surface area contributed by atoms with Crippen LogP contribution in [0.25, 0.3) is 0 Å². The van der Waals surface area contributed by atoms with E-state index in [-0.39, 0.29) is 0 Å². The van der Waals surface area contributed by atoms with Gasteiger partial charge in [0.15, 0.2) is 0 Å². The van der Waals surface area contributed by atoms with E-state index in [1.165, 1.54) is 0 Å². The van der Waals surface area contributed by atoms with E-state index < -0.39 is 0 Å². The molecule has 0 aliphatic heterocycles. The number of pyridine rings is 1. The molecule has 0 radical (unpaired) electrons. The Morgan fingerprint density at radius 1 is 1.70 bits per heavy atom. The van der Waals surface area contributed by atoms with Crippen LogP contribution in [-0.2, 0) is 11.3 Å². The summed E-state index contributed by atoms with van der Waals surface area (Å²) in [5, 5.41) is 0.518. The molecule has 0 bridgehead atoms. The number of hydrogen-bond acceptors (Lipinski definition) is 2. The van der Waals surface area contributed by atoms with Crippen molar-refractivity contribution in [1.82, 2.24) is 4.98 Å². The van der Waals surface area contributed by atoms with Crippen molar-refractivity contribution in [1.29, 1.82) is 0 Å². The molecule has 0 aliphatic rings. The van der Waals surface area contributed by atoms with Crippen LogP contribution < -0.4 is 0 Å². The SMILES string of the molecule is COCc1cccnc1Cl. The zero-order valence-corrected chi connectivity index (χ0v) is 6.43. The molecule has 0 aromatic carbocycles. The van der Waals surface area contributed by atoms with Gasteiger partial charge in [0.1, 0.15) is 5.15 Å². The normalized spacial score (nSPS) is 9.80. The maximum Gasteiger partial charge on any atom is 0.134 e. The first-order valence-corrected chi connectivity index (χ1v) is 3.30. The highest BCUT2D eigenvalue weighted by molar-refractivity contribution is 6.30. The average Bonchev–Trinajstić information content (AvgIpc) is 1.94. The molecule has 0 saturated heterocycles. The number of methoxy groups -OCH3 is 1. The molecule has 1 rings (SSSR count). The lowest BCUT2D eigenvalue weighted by atomic mass is 10.3. The average molecular weight is 158 g/mol. The molecule has 0 fully saturated rings. The number of halogens is 1. The molecule has 0 N–H and O–H groups in total. The van der Waals surface area contributed by atoms with Crippen molar-refractivity contribution in [3.63, 3.8) is 0 Å². The highest BCUT2D eigenvalue weighted by atomic mass is 35.5. The van der Waals surface area contributed by atoms with Gasteiger partial charge in [0.25, 0.3) is 0 Å². The topological polar surface area (TPSA) is 22.1 Å². The molecule has 0 unspecified atom stereocenters. The molecule has 54 valence electrons. The number of nitrogens with zero attached hydrogens (tertiary/aromatic N) is 1. The maximum atomic E-state index is 5.71. The fraction of sp³-hybridized carbons (Fsp3) is 0.286. The van der Waals surface area contributed by atoms with Crippen molar-refractivity contribution in [2.75, 3.05) is 7.11 Å². The first-order chi connectivity index (χ1) is 4.84. The Morgan fingerprint density at radius 2 is 2.50 bits per heavy atom. The van der Waals surface area contributed by atoms with Crippen LogP contribution in [0, 0.1) is 0 Å².